The number of fused-ring (bicyclic) bond motifs is 1. The number of hydrogen-bond donors (Lipinski definition) is 1. The van der Waals surface area contributed by atoms with Crippen molar-refractivity contribution in [3.63, 3.8) is 0 Å². The number of aryl methyl sites for hydroxylation is 2. The van der Waals surface area contributed by atoms with Crippen LogP contribution in [0.25, 0.3) is 0 Å². The monoisotopic (exact) mass is 408 g/mol. The van der Waals surface area contributed by atoms with E-state index < -0.39 is 5.41 Å². The highest BCUT2D eigenvalue weighted by Gasteiger charge is 2.32. The standard InChI is InChI=1S/C25H32N2O3/c1-15-12-16(2)23(18(4)28)17(3)20(15)14-26-19-8-9-22-21(13-19)27(10-11-30-22)24(29)25(5,6)7/h8-9,12-13,26H,10-11,14H2,1-7H3. The van der Waals surface area contributed by atoms with Crippen LogP contribution in [-0.4, -0.2) is 24.8 Å². The zero-order valence-corrected chi connectivity index (χ0v) is 19.1. The van der Waals surface area contributed by atoms with Crippen molar-refractivity contribution in [1.82, 2.24) is 0 Å². The number of anilines is 2. The first-order chi connectivity index (χ1) is 14.0. The minimum atomic E-state index is -0.461. The normalized spacial score (nSPS) is 13.5. The predicted octanol–water partition coefficient (Wildman–Crippen LogP) is 5.20. The molecule has 0 radical (unpaired) electrons. The third-order valence-electron chi connectivity index (χ3n) is 5.66. The number of hydrogen-bond acceptors (Lipinski definition) is 4. The Morgan fingerprint density at radius 1 is 1.10 bits per heavy atom. The van der Waals surface area contributed by atoms with Gasteiger partial charge in [0.05, 0.1) is 12.2 Å². The molecule has 0 saturated heterocycles. The number of ketones is 1. The van der Waals surface area contributed by atoms with E-state index in [9.17, 15) is 9.59 Å². The Balaban J connectivity index is 1.89. The molecule has 1 heterocycles. The van der Waals surface area contributed by atoms with Gasteiger partial charge in [-0.15, -0.1) is 0 Å². The summed E-state index contributed by atoms with van der Waals surface area (Å²) in [5.41, 5.74) is 6.38. The average Bonchev–Trinajstić information content (AvgIpc) is 2.65. The molecule has 0 unspecified atom stereocenters. The number of nitrogens with one attached hydrogen (secondary N) is 1. The van der Waals surface area contributed by atoms with Gasteiger partial charge in [0.25, 0.3) is 0 Å². The van der Waals surface area contributed by atoms with Crippen molar-refractivity contribution in [2.45, 2.75) is 55.0 Å². The van der Waals surface area contributed by atoms with Gasteiger partial charge in [0.1, 0.15) is 12.4 Å². The van der Waals surface area contributed by atoms with Crippen LogP contribution in [0.2, 0.25) is 0 Å². The van der Waals surface area contributed by atoms with Gasteiger partial charge in [-0.2, -0.15) is 0 Å². The first-order valence-corrected chi connectivity index (χ1v) is 10.4. The molecule has 3 rings (SSSR count). The van der Waals surface area contributed by atoms with E-state index in [0.29, 0.717) is 19.7 Å². The van der Waals surface area contributed by atoms with Crippen molar-refractivity contribution < 1.29 is 14.3 Å². The summed E-state index contributed by atoms with van der Waals surface area (Å²) in [6.45, 7) is 15.1. The van der Waals surface area contributed by atoms with Gasteiger partial charge in [-0.3, -0.25) is 9.59 Å². The highest BCUT2D eigenvalue weighted by atomic mass is 16.5. The van der Waals surface area contributed by atoms with E-state index in [1.807, 2.05) is 57.7 Å². The van der Waals surface area contributed by atoms with Crippen molar-refractivity contribution in [2.75, 3.05) is 23.4 Å². The molecule has 0 bridgehead atoms. The summed E-state index contributed by atoms with van der Waals surface area (Å²) < 4.78 is 5.77. The number of ether oxygens (including phenoxy) is 1. The molecule has 5 nitrogen and oxygen atoms in total. The molecule has 0 aliphatic carbocycles. The van der Waals surface area contributed by atoms with Crippen LogP contribution < -0.4 is 15.0 Å². The fourth-order valence-electron chi connectivity index (χ4n) is 4.17. The van der Waals surface area contributed by atoms with Crippen LogP contribution in [0.15, 0.2) is 24.3 Å². The minimum absolute atomic E-state index is 0.0838. The maximum atomic E-state index is 12.9. The van der Waals surface area contributed by atoms with Gasteiger partial charge in [0.15, 0.2) is 5.78 Å². The summed E-state index contributed by atoms with van der Waals surface area (Å²) in [5.74, 6) is 0.903. The zero-order chi connectivity index (χ0) is 22.2. The third kappa shape index (κ3) is 4.20. The van der Waals surface area contributed by atoms with Crippen molar-refractivity contribution in [3.05, 3.63) is 52.1 Å². The van der Waals surface area contributed by atoms with Crippen molar-refractivity contribution in [3.8, 4) is 5.75 Å². The van der Waals surface area contributed by atoms with E-state index in [-0.39, 0.29) is 11.7 Å². The van der Waals surface area contributed by atoms with Gasteiger partial charge >= 0.3 is 0 Å². The maximum absolute atomic E-state index is 12.9. The predicted molar refractivity (Wildman–Crippen MR) is 122 cm³/mol. The summed E-state index contributed by atoms with van der Waals surface area (Å²) in [6.07, 6.45) is 0. The molecular weight excluding hydrogens is 376 g/mol. The largest absolute Gasteiger partial charge is 0.490 e. The van der Waals surface area contributed by atoms with Crippen LogP contribution in [0.3, 0.4) is 0 Å². The summed E-state index contributed by atoms with van der Waals surface area (Å²) in [6, 6.07) is 7.93. The van der Waals surface area contributed by atoms with E-state index >= 15 is 0 Å². The lowest BCUT2D eigenvalue weighted by atomic mass is 9.91. The average molecular weight is 409 g/mol. The summed E-state index contributed by atoms with van der Waals surface area (Å²) >= 11 is 0. The molecule has 0 aromatic heterocycles. The molecule has 30 heavy (non-hydrogen) atoms. The van der Waals surface area contributed by atoms with Gasteiger partial charge in [-0.1, -0.05) is 26.8 Å². The lowest BCUT2D eigenvalue weighted by Gasteiger charge is -2.34. The maximum Gasteiger partial charge on any atom is 0.232 e. The van der Waals surface area contributed by atoms with Gasteiger partial charge < -0.3 is 15.0 Å². The molecule has 0 spiro atoms. The van der Waals surface area contributed by atoms with Crippen molar-refractivity contribution in [2.24, 2.45) is 5.41 Å². The molecule has 2 aromatic rings. The Morgan fingerprint density at radius 2 is 1.80 bits per heavy atom. The van der Waals surface area contributed by atoms with Gasteiger partial charge in [0.2, 0.25) is 5.91 Å². The molecule has 2 aromatic carbocycles. The van der Waals surface area contributed by atoms with E-state index in [2.05, 4.69) is 18.3 Å². The fraction of sp³-hybridized carbons (Fsp3) is 0.440. The van der Waals surface area contributed by atoms with E-state index in [4.69, 9.17) is 4.74 Å². The molecule has 160 valence electrons. The first-order valence-electron chi connectivity index (χ1n) is 10.4. The molecular formula is C25H32N2O3. The first kappa shape index (κ1) is 21.9. The summed E-state index contributed by atoms with van der Waals surface area (Å²) in [4.78, 5) is 26.8. The van der Waals surface area contributed by atoms with Gasteiger partial charge in [-0.05, 0) is 68.1 Å². The number of nitrogens with zero attached hydrogens (tertiary/aromatic N) is 1. The third-order valence-corrected chi connectivity index (χ3v) is 5.66. The highest BCUT2D eigenvalue weighted by Crippen LogP contribution is 2.36. The summed E-state index contributed by atoms with van der Waals surface area (Å²) in [7, 11) is 0. The van der Waals surface area contributed by atoms with Crippen molar-refractivity contribution >= 4 is 23.1 Å². The molecule has 1 aliphatic rings. The Labute approximate surface area is 179 Å². The highest BCUT2D eigenvalue weighted by molar-refractivity contribution is 5.99. The molecule has 0 saturated carbocycles. The molecule has 5 heteroatoms. The Hall–Kier alpha value is -2.82. The molecule has 1 aliphatic heterocycles. The molecule has 0 atom stereocenters. The number of carbonyl (C=O) groups is 2. The Morgan fingerprint density at radius 3 is 2.43 bits per heavy atom. The SMILES string of the molecule is CC(=O)c1c(C)cc(C)c(CNc2ccc3c(c2)N(C(=O)C(C)(C)C)CCO3)c1C. The van der Waals surface area contributed by atoms with Crippen LogP contribution >= 0.6 is 0 Å². The van der Waals surface area contributed by atoms with Crippen molar-refractivity contribution in [1.29, 1.82) is 0 Å². The number of carbonyl (C=O) groups excluding carboxylic acids is 2. The van der Waals surface area contributed by atoms with Crippen LogP contribution in [0.1, 0.15) is 60.3 Å². The second kappa shape index (κ2) is 8.13. The molecule has 0 fully saturated rings. The van der Waals surface area contributed by atoms with E-state index in [1.54, 1.807) is 6.92 Å². The second-order valence-electron chi connectivity index (χ2n) is 9.14. The molecule has 1 N–H and O–H groups in total. The van der Waals surface area contributed by atoms with Crippen LogP contribution in [0.5, 0.6) is 5.75 Å². The van der Waals surface area contributed by atoms with E-state index in [0.717, 1.165) is 44.9 Å². The quantitative estimate of drug-likeness (QED) is 0.707. The second-order valence-corrected chi connectivity index (χ2v) is 9.14. The zero-order valence-electron chi connectivity index (χ0n) is 19.1. The van der Waals surface area contributed by atoms with Crippen LogP contribution in [0, 0.1) is 26.2 Å². The smallest absolute Gasteiger partial charge is 0.232 e. The minimum Gasteiger partial charge on any atom is -0.490 e. The van der Waals surface area contributed by atoms with Gasteiger partial charge in [-0.25, -0.2) is 0 Å². The number of rotatable bonds is 4. The fourth-order valence-corrected chi connectivity index (χ4v) is 4.17. The topological polar surface area (TPSA) is 58.6 Å². The van der Waals surface area contributed by atoms with Gasteiger partial charge in [0, 0.05) is 23.2 Å². The Bertz CT molecular complexity index is 1000. The lowest BCUT2D eigenvalue weighted by molar-refractivity contribution is -0.126. The number of Topliss-reactive ketones (excluding diaryl/α,β-unsaturated/α-hetero) is 1. The van der Waals surface area contributed by atoms with E-state index in [1.165, 1.54) is 0 Å². The van der Waals surface area contributed by atoms with Crippen LogP contribution in [-0.2, 0) is 11.3 Å². The lowest BCUT2D eigenvalue weighted by Crippen LogP contribution is -2.44. The van der Waals surface area contributed by atoms with Crippen LogP contribution in [0.4, 0.5) is 11.4 Å². The Kier molecular flexibility index (Phi) is 5.93. The number of benzene rings is 2. The number of amides is 1. The molecule has 1 amide bonds. The summed E-state index contributed by atoms with van der Waals surface area (Å²) in [5, 5.41) is 3.47.